The molecule has 3 nitrogen and oxygen atoms in total. The Bertz CT molecular complexity index is 299. The Kier molecular flexibility index (Phi) is 4.59. The highest BCUT2D eigenvalue weighted by Crippen LogP contribution is 2.27. The molecule has 0 aliphatic rings. The number of para-hydroxylation sites is 1. The van der Waals surface area contributed by atoms with Crippen LogP contribution in [0, 0.1) is 0 Å². The molecule has 15 heavy (non-hydrogen) atoms. The predicted molar refractivity (Wildman–Crippen MR) is 58.6 cm³/mol. The Balaban J connectivity index is 2.67. The molecule has 1 aromatic carbocycles. The monoisotopic (exact) mass is 210 g/mol. The van der Waals surface area contributed by atoms with Crippen molar-refractivity contribution in [2.45, 2.75) is 38.4 Å². The largest absolute Gasteiger partial charge is 0.508 e. The van der Waals surface area contributed by atoms with E-state index in [0.717, 1.165) is 12.8 Å². The van der Waals surface area contributed by atoms with E-state index < -0.39 is 12.2 Å². The van der Waals surface area contributed by atoms with Gasteiger partial charge in [-0.1, -0.05) is 38.0 Å². The number of aliphatic hydroxyl groups is 2. The summed E-state index contributed by atoms with van der Waals surface area (Å²) in [5, 5.41) is 28.9. The molecule has 0 aliphatic heterocycles. The lowest BCUT2D eigenvalue weighted by Gasteiger charge is -2.18. The molecular weight excluding hydrogens is 192 g/mol. The molecule has 0 aliphatic carbocycles. The van der Waals surface area contributed by atoms with Crippen LogP contribution in [0.25, 0.3) is 0 Å². The minimum Gasteiger partial charge on any atom is -0.508 e. The summed E-state index contributed by atoms with van der Waals surface area (Å²) in [5.41, 5.74) is 0.390. The van der Waals surface area contributed by atoms with Crippen LogP contribution in [-0.2, 0) is 0 Å². The van der Waals surface area contributed by atoms with Crippen LogP contribution < -0.4 is 0 Å². The van der Waals surface area contributed by atoms with Crippen molar-refractivity contribution in [3.63, 3.8) is 0 Å². The van der Waals surface area contributed by atoms with Gasteiger partial charge in [-0.25, -0.2) is 0 Å². The highest BCUT2D eigenvalue weighted by Gasteiger charge is 2.19. The van der Waals surface area contributed by atoms with E-state index in [1.807, 2.05) is 6.92 Å². The molecule has 0 spiro atoms. The van der Waals surface area contributed by atoms with Gasteiger partial charge >= 0.3 is 0 Å². The van der Waals surface area contributed by atoms with E-state index in [1.165, 1.54) is 6.07 Å². The molecule has 2 atom stereocenters. The molecule has 0 fully saturated rings. The zero-order chi connectivity index (χ0) is 11.3. The average Bonchev–Trinajstić information content (AvgIpc) is 2.25. The molecule has 0 radical (unpaired) electrons. The zero-order valence-electron chi connectivity index (χ0n) is 8.93. The van der Waals surface area contributed by atoms with Crippen LogP contribution in [-0.4, -0.2) is 21.4 Å². The Hall–Kier alpha value is -1.06. The maximum atomic E-state index is 9.79. The lowest BCUT2D eigenvalue weighted by atomic mass is 9.99. The van der Waals surface area contributed by atoms with Gasteiger partial charge in [-0.2, -0.15) is 0 Å². The third-order valence-electron chi connectivity index (χ3n) is 2.47. The number of aromatic hydroxyl groups is 1. The van der Waals surface area contributed by atoms with E-state index in [4.69, 9.17) is 0 Å². The minimum atomic E-state index is -1.00. The number of hydrogen-bond donors (Lipinski definition) is 3. The maximum absolute atomic E-state index is 9.79. The molecule has 3 N–H and O–H groups in total. The first-order valence-corrected chi connectivity index (χ1v) is 5.30. The molecule has 0 saturated heterocycles. The van der Waals surface area contributed by atoms with Crippen molar-refractivity contribution in [3.8, 4) is 5.75 Å². The summed E-state index contributed by atoms with van der Waals surface area (Å²) in [5.74, 6) is 0.0283. The van der Waals surface area contributed by atoms with Crippen molar-refractivity contribution >= 4 is 0 Å². The lowest BCUT2D eigenvalue weighted by molar-refractivity contribution is 0.0110. The Labute approximate surface area is 90.0 Å². The SMILES string of the molecule is CCCCC(O)C(O)c1ccccc1O. The highest BCUT2D eigenvalue weighted by atomic mass is 16.3. The molecule has 0 aromatic heterocycles. The lowest BCUT2D eigenvalue weighted by Crippen LogP contribution is -2.18. The van der Waals surface area contributed by atoms with Gasteiger partial charge in [0.15, 0.2) is 0 Å². The van der Waals surface area contributed by atoms with Crippen LogP contribution in [0.2, 0.25) is 0 Å². The van der Waals surface area contributed by atoms with Crippen LogP contribution in [0.1, 0.15) is 37.9 Å². The van der Waals surface area contributed by atoms with Crippen LogP contribution in [0.5, 0.6) is 5.75 Å². The second-order valence-corrected chi connectivity index (χ2v) is 3.71. The number of hydrogen-bond acceptors (Lipinski definition) is 3. The second kappa shape index (κ2) is 5.73. The van der Waals surface area contributed by atoms with Gasteiger partial charge in [-0.15, -0.1) is 0 Å². The van der Waals surface area contributed by atoms with Gasteiger partial charge in [0, 0.05) is 5.56 Å². The fourth-order valence-electron chi connectivity index (χ4n) is 1.52. The van der Waals surface area contributed by atoms with Gasteiger partial charge in [0.05, 0.1) is 6.10 Å². The highest BCUT2D eigenvalue weighted by molar-refractivity contribution is 5.34. The van der Waals surface area contributed by atoms with Crippen LogP contribution in [0.4, 0.5) is 0 Å². The smallest absolute Gasteiger partial charge is 0.121 e. The van der Waals surface area contributed by atoms with Gasteiger partial charge in [-0.3, -0.25) is 0 Å². The molecular formula is C12H18O3. The van der Waals surface area contributed by atoms with Gasteiger partial charge in [0.2, 0.25) is 0 Å². The standard InChI is InChI=1S/C12H18O3/c1-2-3-7-11(14)12(15)9-6-4-5-8-10(9)13/h4-6,8,11-15H,2-3,7H2,1H3. The third-order valence-corrected chi connectivity index (χ3v) is 2.47. The summed E-state index contributed by atoms with van der Waals surface area (Å²) >= 11 is 0. The van der Waals surface area contributed by atoms with Crippen LogP contribution in [0.15, 0.2) is 24.3 Å². The van der Waals surface area contributed by atoms with Crippen LogP contribution in [0.3, 0.4) is 0 Å². The topological polar surface area (TPSA) is 60.7 Å². The van der Waals surface area contributed by atoms with E-state index in [0.29, 0.717) is 12.0 Å². The van der Waals surface area contributed by atoms with Crippen molar-refractivity contribution < 1.29 is 15.3 Å². The number of unbranched alkanes of at least 4 members (excludes halogenated alkanes) is 1. The Morgan fingerprint density at radius 2 is 1.87 bits per heavy atom. The normalized spacial score (nSPS) is 14.9. The molecule has 1 rings (SSSR count). The first kappa shape index (κ1) is 12.0. The van der Waals surface area contributed by atoms with E-state index in [9.17, 15) is 15.3 Å². The maximum Gasteiger partial charge on any atom is 0.121 e. The molecule has 0 bridgehead atoms. The first-order chi connectivity index (χ1) is 7.16. The molecule has 84 valence electrons. The minimum absolute atomic E-state index is 0.0283. The van der Waals surface area contributed by atoms with Gasteiger partial charge < -0.3 is 15.3 Å². The molecule has 3 heteroatoms. The summed E-state index contributed by atoms with van der Waals surface area (Å²) in [7, 11) is 0. The number of rotatable bonds is 5. The summed E-state index contributed by atoms with van der Waals surface area (Å²) in [4.78, 5) is 0. The fourth-order valence-corrected chi connectivity index (χ4v) is 1.52. The number of benzene rings is 1. The van der Waals surface area contributed by atoms with Gasteiger partial charge in [-0.05, 0) is 12.5 Å². The average molecular weight is 210 g/mol. The Morgan fingerprint density at radius 3 is 2.47 bits per heavy atom. The second-order valence-electron chi connectivity index (χ2n) is 3.71. The van der Waals surface area contributed by atoms with Crippen molar-refractivity contribution in [3.05, 3.63) is 29.8 Å². The predicted octanol–water partition coefficient (Wildman–Crippen LogP) is 1.98. The molecule has 2 unspecified atom stereocenters. The summed E-state index contributed by atoms with van der Waals surface area (Å²) in [6, 6.07) is 6.54. The third kappa shape index (κ3) is 3.22. The zero-order valence-corrected chi connectivity index (χ0v) is 8.93. The fraction of sp³-hybridized carbons (Fsp3) is 0.500. The van der Waals surface area contributed by atoms with E-state index >= 15 is 0 Å². The molecule has 0 saturated carbocycles. The van der Waals surface area contributed by atoms with Crippen molar-refractivity contribution in [1.82, 2.24) is 0 Å². The molecule has 0 amide bonds. The number of phenols is 1. The Morgan fingerprint density at radius 1 is 1.20 bits per heavy atom. The summed E-state index contributed by atoms with van der Waals surface area (Å²) in [6.07, 6.45) is 0.582. The van der Waals surface area contributed by atoms with E-state index in [1.54, 1.807) is 18.2 Å². The summed E-state index contributed by atoms with van der Waals surface area (Å²) < 4.78 is 0. The van der Waals surface area contributed by atoms with E-state index in [2.05, 4.69) is 0 Å². The number of aliphatic hydroxyl groups excluding tert-OH is 2. The van der Waals surface area contributed by atoms with Crippen molar-refractivity contribution in [1.29, 1.82) is 0 Å². The summed E-state index contributed by atoms with van der Waals surface area (Å²) in [6.45, 7) is 2.03. The van der Waals surface area contributed by atoms with Crippen molar-refractivity contribution in [2.75, 3.05) is 0 Å². The number of phenolic OH excluding ortho intramolecular Hbond substituents is 1. The first-order valence-electron chi connectivity index (χ1n) is 5.30. The van der Waals surface area contributed by atoms with Gasteiger partial charge in [0.25, 0.3) is 0 Å². The molecule has 0 heterocycles. The van der Waals surface area contributed by atoms with Crippen molar-refractivity contribution in [2.24, 2.45) is 0 Å². The quantitative estimate of drug-likeness (QED) is 0.696. The van der Waals surface area contributed by atoms with E-state index in [-0.39, 0.29) is 5.75 Å². The van der Waals surface area contributed by atoms with Crippen LogP contribution >= 0.6 is 0 Å². The van der Waals surface area contributed by atoms with Gasteiger partial charge in [0.1, 0.15) is 11.9 Å². The molecule has 1 aromatic rings.